The molecule has 116 valence electrons. The van der Waals surface area contributed by atoms with Gasteiger partial charge in [-0.15, -0.1) is 11.3 Å². The second-order valence-corrected chi connectivity index (χ2v) is 6.24. The monoisotopic (exact) mass is 318 g/mol. The molecule has 0 aliphatic carbocycles. The van der Waals surface area contributed by atoms with E-state index in [9.17, 15) is 9.59 Å². The van der Waals surface area contributed by atoms with Crippen LogP contribution in [-0.2, 0) is 6.54 Å². The smallest absolute Gasteiger partial charge is 0.335 e. The van der Waals surface area contributed by atoms with Gasteiger partial charge in [0.2, 0.25) is 0 Å². The highest BCUT2D eigenvalue weighted by atomic mass is 32.1. The summed E-state index contributed by atoms with van der Waals surface area (Å²) in [5, 5.41) is 8.88. The van der Waals surface area contributed by atoms with Crippen LogP contribution in [0.4, 0.5) is 0 Å². The minimum Gasteiger partial charge on any atom is -0.478 e. The number of benzene rings is 1. The Morgan fingerprint density at radius 2 is 1.91 bits per heavy atom. The molecular weight excluding hydrogens is 300 g/mol. The molecule has 1 aromatic heterocycles. The van der Waals surface area contributed by atoms with Gasteiger partial charge in [-0.05, 0) is 23.6 Å². The van der Waals surface area contributed by atoms with E-state index in [0.29, 0.717) is 11.4 Å². The van der Waals surface area contributed by atoms with E-state index in [-0.39, 0.29) is 17.4 Å². The maximum absolute atomic E-state index is 12.5. The minimum atomic E-state index is -0.956. The maximum atomic E-state index is 12.5. The molecule has 2 aromatic rings. The molecular formula is C16H18N2O3S. The number of hydrogen-bond donors (Lipinski definition) is 1. The number of thiazole rings is 1. The summed E-state index contributed by atoms with van der Waals surface area (Å²) in [7, 11) is 1.73. The molecule has 0 aliphatic rings. The van der Waals surface area contributed by atoms with Crippen LogP contribution in [0.2, 0.25) is 0 Å². The highest BCUT2D eigenvalue weighted by Gasteiger charge is 2.20. The van der Waals surface area contributed by atoms with Gasteiger partial charge in [0.25, 0.3) is 5.91 Å². The Bertz CT molecular complexity index is 677. The van der Waals surface area contributed by atoms with E-state index >= 15 is 0 Å². The molecule has 5 nitrogen and oxygen atoms in total. The normalized spacial score (nSPS) is 10.7. The van der Waals surface area contributed by atoms with Gasteiger partial charge in [0.05, 0.1) is 16.8 Å². The van der Waals surface area contributed by atoms with Crippen LogP contribution in [0.15, 0.2) is 29.8 Å². The van der Waals surface area contributed by atoms with Crippen molar-refractivity contribution in [1.29, 1.82) is 0 Å². The van der Waals surface area contributed by atoms with Crippen LogP contribution < -0.4 is 0 Å². The van der Waals surface area contributed by atoms with Gasteiger partial charge < -0.3 is 10.0 Å². The van der Waals surface area contributed by atoms with Crippen molar-refractivity contribution >= 4 is 23.2 Å². The quantitative estimate of drug-likeness (QED) is 0.919. The largest absolute Gasteiger partial charge is 0.478 e. The summed E-state index contributed by atoms with van der Waals surface area (Å²) < 4.78 is 0. The number of aromatic carboxylic acids is 1. The maximum Gasteiger partial charge on any atom is 0.335 e. The van der Waals surface area contributed by atoms with E-state index in [4.69, 9.17) is 5.11 Å². The summed E-state index contributed by atoms with van der Waals surface area (Å²) in [5.41, 5.74) is 3.64. The van der Waals surface area contributed by atoms with Crippen LogP contribution in [0.5, 0.6) is 0 Å². The molecule has 0 saturated heterocycles. The van der Waals surface area contributed by atoms with Gasteiger partial charge in [-0.3, -0.25) is 4.79 Å². The van der Waals surface area contributed by atoms with Gasteiger partial charge in [0.1, 0.15) is 4.88 Å². The molecule has 0 spiro atoms. The number of hydrogen-bond acceptors (Lipinski definition) is 4. The number of aromatic nitrogens is 1. The Balaban J connectivity index is 2.11. The summed E-state index contributed by atoms with van der Waals surface area (Å²) >= 11 is 1.35. The number of nitrogens with zero attached hydrogens (tertiary/aromatic N) is 2. The molecule has 0 saturated carbocycles. The molecule has 0 radical (unpaired) electrons. The van der Waals surface area contributed by atoms with E-state index in [2.05, 4.69) is 4.98 Å². The average Bonchev–Trinajstić information content (AvgIpc) is 2.96. The lowest BCUT2D eigenvalue weighted by molar-refractivity contribution is 0.0695. The third kappa shape index (κ3) is 3.51. The summed E-state index contributed by atoms with van der Waals surface area (Å²) in [6.07, 6.45) is 0. The fourth-order valence-corrected chi connectivity index (χ4v) is 3.04. The Hall–Kier alpha value is -2.21. The van der Waals surface area contributed by atoms with Crippen molar-refractivity contribution in [2.45, 2.75) is 26.3 Å². The zero-order chi connectivity index (χ0) is 16.3. The lowest BCUT2D eigenvalue weighted by Crippen LogP contribution is -2.26. The lowest BCUT2D eigenvalue weighted by atomic mass is 10.1. The molecule has 0 unspecified atom stereocenters. The first-order valence-electron chi connectivity index (χ1n) is 6.91. The topological polar surface area (TPSA) is 70.5 Å². The average molecular weight is 318 g/mol. The second-order valence-electron chi connectivity index (χ2n) is 5.38. The fourth-order valence-electron chi connectivity index (χ4n) is 2.10. The summed E-state index contributed by atoms with van der Waals surface area (Å²) in [6, 6.07) is 6.54. The summed E-state index contributed by atoms with van der Waals surface area (Å²) in [4.78, 5) is 29.9. The number of rotatable bonds is 5. The molecule has 1 amide bonds. The lowest BCUT2D eigenvalue weighted by Gasteiger charge is -2.17. The van der Waals surface area contributed by atoms with Gasteiger partial charge in [-0.2, -0.15) is 0 Å². The molecule has 22 heavy (non-hydrogen) atoms. The predicted octanol–water partition coefficient (Wildman–Crippen LogP) is 3.24. The van der Waals surface area contributed by atoms with Crippen LogP contribution in [0.3, 0.4) is 0 Å². The first kappa shape index (κ1) is 16.2. The van der Waals surface area contributed by atoms with Crippen molar-refractivity contribution < 1.29 is 14.7 Å². The van der Waals surface area contributed by atoms with Gasteiger partial charge in [0.15, 0.2) is 0 Å². The van der Waals surface area contributed by atoms with Crippen LogP contribution >= 0.6 is 11.3 Å². The molecule has 0 aliphatic heterocycles. The summed E-state index contributed by atoms with van der Waals surface area (Å²) in [5.74, 6) is -0.816. The van der Waals surface area contributed by atoms with Crippen LogP contribution in [0.25, 0.3) is 0 Å². The first-order chi connectivity index (χ1) is 10.4. The number of amides is 1. The molecule has 1 N–H and O–H groups in total. The first-order valence-corrected chi connectivity index (χ1v) is 7.79. The Morgan fingerprint density at radius 3 is 2.45 bits per heavy atom. The number of carbonyl (C=O) groups is 2. The highest BCUT2D eigenvalue weighted by Crippen LogP contribution is 2.23. The molecule has 0 fully saturated rings. The van der Waals surface area contributed by atoms with Crippen molar-refractivity contribution in [2.75, 3.05) is 7.05 Å². The van der Waals surface area contributed by atoms with E-state index < -0.39 is 5.97 Å². The van der Waals surface area contributed by atoms with Crippen molar-refractivity contribution in [3.63, 3.8) is 0 Å². The SMILES string of the molecule is CC(C)c1ncsc1C(=O)N(C)Cc1ccc(C(=O)O)cc1. The highest BCUT2D eigenvalue weighted by molar-refractivity contribution is 7.11. The molecule has 0 bridgehead atoms. The Labute approximate surface area is 133 Å². The number of carboxylic acid groups (broad SMARTS) is 1. The van der Waals surface area contributed by atoms with E-state index in [1.165, 1.54) is 11.3 Å². The van der Waals surface area contributed by atoms with Crippen LogP contribution in [0, 0.1) is 0 Å². The number of carboxylic acids is 1. The molecule has 6 heteroatoms. The van der Waals surface area contributed by atoms with Gasteiger partial charge >= 0.3 is 5.97 Å². The van der Waals surface area contributed by atoms with Crippen LogP contribution in [0.1, 0.15) is 51.1 Å². The zero-order valence-electron chi connectivity index (χ0n) is 12.7. The van der Waals surface area contributed by atoms with Crippen molar-refractivity contribution in [2.24, 2.45) is 0 Å². The number of carbonyl (C=O) groups excluding carboxylic acids is 1. The summed E-state index contributed by atoms with van der Waals surface area (Å²) in [6.45, 7) is 4.45. The molecule has 1 heterocycles. The van der Waals surface area contributed by atoms with Crippen molar-refractivity contribution in [3.05, 3.63) is 51.5 Å². The van der Waals surface area contributed by atoms with Crippen molar-refractivity contribution in [1.82, 2.24) is 9.88 Å². The third-order valence-electron chi connectivity index (χ3n) is 3.30. The minimum absolute atomic E-state index is 0.0616. The van der Waals surface area contributed by atoms with E-state index in [1.807, 2.05) is 13.8 Å². The van der Waals surface area contributed by atoms with E-state index in [1.54, 1.807) is 41.7 Å². The Morgan fingerprint density at radius 1 is 1.27 bits per heavy atom. The third-order valence-corrected chi connectivity index (χ3v) is 4.13. The zero-order valence-corrected chi connectivity index (χ0v) is 13.6. The molecule has 0 atom stereocenters. The Kier molecular flexibility index (Phi) is 4.92. The molecule has 2 rings (SSSR count). The van der Waals surface area contributed by atoms with Gasteiger partial charge in [-0.25, -0.2) is 9.78 Å². The van der Waals surface area contributed by atoms with Crippen LogP contribution in [-0.4, -0.2) is 33.9 Å². The van der Waals surface area contributed by atoms with Gasteiger partial charge in [0, 0.05) is 13.6 Å². The predicted molar refractivity (Wildman–Crippen MR) is 85.4 cm³/mol. The van der Waals surface area contributed by atoms with Crippen molar-refractivity contribution in [3.8, 4) is 0 Å². The fraction of sp³-hybridized carbons (Fsp3) is 0.312. The standard InChI is InChI=1S/C16H18N2O3S/c1-10(2)13-14(22-9-17-13)15(19)18(3)8-11-4-6-12(7-5-11)16(20)21/h4-7,9-10H,8H2,1-3H3,(H,20,21). The van der Waals surface area contributed by atoms with E-state index in [0.717, 1.165) is 11.3 Å². The van der Waals surface area contributed by atoms with Gasteiger partial charge in [-0.1, -0.05) is 26.0 Å². The molecule has 1 aromatic carbocycles. The second kappa shape index (κ2) is 6.70.